The van der Waals surface area contributed by atoms with E-state index in [9.17, 15) is 14.4 Å². The molecule has 0 saturated heterocycles. The first-order chi connectivity index (χ1) is 8.80. The van der Waals surface area contributed by atoms with Gasteiger partial charge in [-0.05, 0) is 12.1 Å². The monoisotopic (exact) mass is 257 g/mol. The quantitative estimate of drug-likeness (QED) is 0.603. The molecule has 1 aromatic rings. The second kappa shape index (κ2) is 4.46. The minimum absolute atomic E-state index is 0.0265. The second-order valence-electron chi connectivity index (χ2n) is 5.47. The van der Waals surface area contributed by atoms with E-state index in [0.717, 1.165) is 4.90 Å². The lowest BCUT2D eigenvalue weighted by molar-refractivity contribution is -0.119. The number of benzene rings is 1. The van der Waals surface area contributed by atoms with E-state index in [1.807, 2.05) is 20.8 Å². The van der Waals surface area contributed by atoms with Crippen molar-refractivity contribution in [1.82, 2.24) is 0 Å². The van der Waals surface area contributed by atoms with Gasteiger partial charge < -0.3 is 0 Å². The van der Waals surface area contributed by atoms with E-state index in [1.54, 1.807) is 24.3 Å². The van der Waals surface area contributed by atoms with Crippen LogP contribution in [0.3, 0.4) is 0 Å². The summed E-state index contributed by atoms with van der Waals surface area (Å²) in [5.74, 6) is -0.794. The molecule has 19 heavy (non-hydrogen) atoms. The number of carbonyl (C=O) groups is 3. The van der Waals surface area contributed by atoms with Crippen molar-refractivity contribution in [1.29, 1.82) is 0 Å². The van der Waals surface area contributed by atoms with Gasteiger partial charge >= 0.3 is 0 Å². The van der Waals surface area contributed by atoms with Crippen LogP contribution in [0.5, 0.6) is 0 Å². The molecule has 0 bridgehead atoms. The van der Waals surface area contributed by atoms with E-state index in [1.165, 1.54) is 12.2 Å². The predicted molar refractivity (Wildman–Crippen MR) is 71.9 cm³/mol. The molecule has 0 spiro atoms. The number of hydrogen-bond acceptors (Lipinski definition) is 3. The maximum absolute atomic E-state index is 12.2. The van der Waals surface area contributed by atoms with Crippen LogP contribution in [0.15, 0.2) is 36.4 Å². The van der Waals surface area contributed by atoms with E-state index in [2.05, 4.69) is 0 Å². The van der Waals surface area contributed by atoms with Crippen molar-refractivity contribution in [2.24, 2.45) is 5.41 Å². The topological polar surface area (TPSA) is 54.5 Å². The summed E-state index contributed by atoms with van der Waals surface area (Å²) in [4.78, 5) is 36.4. The summed E-state index contributed by atoms with van der Waals surface area (Å²) >= 11 is 0. The summed E-state index contributed by atoms with van der Waals surface area (Å²) < 4.78 is 0. The first-order valence-electron chi connectivity index (χ1n) is 6.02. The standard InChI is InChI=1S/C15H15NO3/c1-15(2,3)14(19)10-5-4-6-11(9-10)16-12(17)7-8-13(16)18/h4-9H,1-3H3. The molecule has 2 amide bonds. The summed E-state index contributed by atoms with van der Waals surface area (Å²) in [5.41, 5.74) is 0.420. The number of anilines is 1. The zero-order chi connectivity index (χ0) is 14.2. The van der Waals surface area contributed by atoms with Gasteiger partial charge in [0.05, 0.1) is 5.69 Å². The molecule has 0 unspecified atom stereocenters. The molecule has 2 rings (SSSR count). The zero-order valence-electron chi connectivity index (χ0n) is 11.1. The molecule has 0 atom stereocenters. The van der Waals surface area contributed by atoms with Gasteiger partial charge in [-0.3, -0.25) is 14.4 Å². The van der Waals surface area contributed by atoms with E-state index in [0.29, 0.717) is 11.3 Å². The number of nitrogens with zero attached hydrogens (tertiary/aromatic N) is 1. The van der Waals surface area contributed by atoms with E-state index in [4.69, 9.17) is 0 Å². The molecule has 1 aliphatic heterocycles. The molecule has 1 aromatic carbocycles. The Kier molecular flexibility index (Phi) is 3.10. The van der Waals surface area contributed by atoms with Crippen LogP contribution in [0, 0.1) is 5.41 Å². The Bertz CT molecular complexity index is 576. The van der Waals surface area contributed by atoms with E-state index in [-0.39, 0.29) is 17.6 Å². The van der Waals surface area contributed by atoms with E-state index >= 15 is 0 Å². The Hall–Kier alpha value is -2.23. The van der Waals surface area contributed by atoms with Crippen LogP contribution in [-0.4, -0.2) is 17.6 Å². The number of hydrogen-bond donors (Lipinski definition) is 0. The van der Waals surface area contributed by atoms with Crippen LogP contribution in [0.25, 0.3) is 0 Å². The van der Waals surface area contributed by atoms with Crippen molar-refractivity contribution in [3.63, 3.8) is 0 Å². The number of carbonyl (C=O) groups excluding carboxylic acids is 3. The highest BCUT2D eigenvalue weighted by molar-refractivity contribution is 6.28. The summed E-state index contributed by atoms with van der Waals surface area (Å²) in [6.07, 6.45) is 2.45. The van der Waals surface area contributed by atoms with Crippen molar-refractivity contribution in [2.75, 3.05) is 4.90 Å². The Morgan fingerprint density at radius 2 is 1.63 bits per heavy atom. The SMILES string of the molecule is CC(C)(C)C(=O)c1cccc(N2C(=O)C=CC2=O)c1. The smallest absolute Gasteiger partial charge is 0.258 e. The van der Waals surface area contributed by atoms with Gasteiger partial charge in [-0.1, -0.05) is 32.9 Å². The molecule has 0 fully saturated rings. The maximum Gasteiger partial charge on any atom is 0.258 e. The van der Waals surface area contributed by atoms with Gasteiger partial charge in [0.2, 0.25) is 0 Å². The predicted octanol–water partition coefficient (Wildman–Crippen LogP) is 2.34. The molecule has 1 heterocycles. The van der Waals surface area contributed by atoms with Crippen molar-refractivity contribution in [3.8, 4) is 0 Å². The largest absolute Gasteiger partial charge is 0.294 e. The van der Waals surface area contributed by atoms with Gasteiger partial charge in [0.1, 0.15) is 0 Å². The first kappa shape index (κ1) is 13.2. The summed E-state index contributed by atoms with van der Waals surface area (Å²) in [5, 5.41) is 0. The van der Waals surface area contributed by atoms with Crippen molar-refractivity contribution >= 4 is 23.3 Å². The molecule has 4 heteroatoms. The van der Waals surface area contributed by atoms with Crippen molar-refractivity contribution in [2.45, 2.75) is 20.8 Å². The van der Waals surface area contributed by atoms with Gasteiger partial charge in [0, 0.05) is 23.1 Å². The molecule has 0 saturated carbocycles. The lowest BCUT2D eigenvalue weighted by Gasteiger charge is -2.19. The molecular weight excluding hydrogens is 242 g/mol. The fourth-order valence-electron chi connectivity index (χ4n) is 1.87. The van der Waals surface area contributed by atoms with Crippen LogP contribution in [-0.2, 0) is 9.59 Å². The minimum atomic E-state index is -0.504. The highest BCUT2D eigenvalue weighted by Gasteiger charge is 2.27. The van der Waals surface area contributed by atoms with Gasteiger partial charge in [0.25, 0.3) is 11.8 Å². The van der Waals surface area contributed by atoms with Crippen LogP contribution in [0.4, 0.5) is 5.69 Å². The van der Waals surface area contributed by atoms with Gasteiger partial charge in [-0.25, -0.2) is 4.90 Å². The summed E-state index contributed by atoms with van der Waals surface area (Å²) in [6.45, 7) is 5.49. The second-order valence-corrected chi connectivity index (χ2v) is 5.47. The zero-order valence-corrected chi connectivity index (χ0v) is 11.1. The van der Waals surface area contributed by atoms with Gasteiger partial charge in [0.15, 0.2) is 5.78 Å². The number of ketones is 1. The third-order valence-corrected chi connectivity index (χ3v) is 2.86. The average molecular weight is 257 g/mol. The molecule has 1 aliphatic rings. The Balaban J connectivity index is 2.38. The van der Waals surface area contributed by atoms with Gasteiger partial charge in [-0.15, -0.1) is 0 Å². The maximum atomic E-state index is 12.2. The molecule has 98 valence electrons. The highest BCUT2D eigenvalue weighted by atomic mass is 16.2. The van der Waals surface area contributed by atoms with Gasteiger partial charge in [-0.2, -0.15) is 0 Å². The van der Waals surface area contributed by atoms with Crippen molar-refractivity contribution < 1.29 is 14.4 Å². The third-order valence-electron chi connectivity index (χ3n) is 2.86. The fourth-order valence-corrected chi connectivity index (χ4v) is 1.87. The lowest BCUT2D eigenvalue weighted by atomic mass is 9.86. The Morgan fingerprint density at radius 3 is 2.16 bits per heavy atom. The molecule has 0 N–H and O–H groups in total. The summed E-state index contributed by atoms with van der Waals surface area (Å²) in [7, 11) is 0. The van der Waals surface area contributed by atoms with Crippen molar-refractivity contribution in [3.05, 3.63) is 42.0 Å². The van der Waals surface area contributed by atoms with Crippen LogP contribution >= 0.6 is 0 Å². The third kappa shape index (κ3) is 2.47. The normalized spacial score (nSPS) is 15.2. The van der Waals surface area contributed by atoms with Crippen LogP contribution in [0.2, 0.25) is 0 Å². The Labute approximate surface area is 111 Å². The molecule has 4 nitrogen and oxygen atoms in total. The number of Topliss-reactive ketones (excluding diaryl/α,β-unsaturated/α-hetero) is 1. The van der Waals surface area contributed by atoms with Crippen LogP contribution in [0.1, 0.15) is 31.1 Å². The minimum Gasteiger partial charge on any atom is -0.294 e. The number of rotatable bonds is 2. The summed E-state index contributed by atoms with van der Waals surface area (Å²) in [6, 6.07) is 6.58. The number of imide groups is 1. The first-order valence-corrected chi connectivity index (χ1v) is 6.02. The Morgan fingerprint density at radius 1 is 1.05 bits per heavy atom. The molecule has 0 radical (unpaired) electrons. The molecule has 0 aromatic heterocycles. The average Bonchev–Trinajstić information content (AvgIpc) is 2.67. The lowest BCUT2D eigenvalue weighted by Crippen LogP contribution is -2.30. The number of amides is 2. The van der Waals surface area contributed by atoms with Crippen LogP contribution < -0.4 is 4.90 Å². The fraction of sp³-hybridized carbons (Fsp3) is 0.267. The molecular formula is C15H15NO3. The highest BCUT2D eigenvalue weighted by Crippen LogP contribution is 2.25. The van der Waals surface area contributed by atoms with E-state index < -0.39 is 5.41 Å². The molecule has 0 aliphatic carbocycles.